The van der Waals surface area contributed by atoms with Crippen LogP contribution in [0.25, 0.3) is 0 Å². The fourth-order valence-corrected chi connectivity index (χ4v) is 3.82. The van der Waals surface area contributed by atoms with E-state index in [-0.39, 0.29) is 21.9 Å². The number of anilines is 1. The van der Waals surface area contributed by atoms with Crippen molar-refractivity contribution in [3.8, 4) is 5.75 Å². The topological polar surface area (TPSA) is 55.4 Å². The Morgan fingerprint density at radius 1 is 1.12 bits per heavy atom. The molecule has 2 aromatic carbocycles. The number of ether oxygens (including phenoxy) is 1. The quantitative estimate of drug-likeness (QED) is 0.782. The first-order chi connectivity index (χ1) is 11.0. The normalized spacial score (nSPS) is 12.1. The first-order valence-electron chi connectivity index (χ1n) is 6.59. The van der Waals surface area contributed by atoms with Crippen LogP contribution in [-0.4, -0.2) is 15.5 Å². The molecule has 0 unspecified atom stereocenters. The molecule has 4 nitrogen and oxygen atoms in total. The van der Waals surface area contributed by atoms with Gasteiger partial charge < -0.3 is 4.74 Å². The van der Waals surface area contributed by atoms with E-state index in [1.807, 2.05) is 0 Å². The Labute approximate surface area is 145 Å². The maximum absolute atomic E-state index is 13.0. The van der Waals surface area contributed by atoms with Gasteiger partial charge in [-0.2, -0.15) is 13.2 Å². The summed E-state index contributed by atoms with van der Waals surface area (Å²) < 4.78 is 71.5. The van der Waals surface area contributed by atoms with Crippen molar-refractivity contribution in [1.29, 1.82) is 0 Å². The molecule has 130 valence electrons. The van der Waals surface area contributed by atoms with Crippen LogP contribution in [0, 0.1) is 6.92 Å². The zero-order valence-electron chi connectivity index (χ0n) is 12.6. The highest BCUT2D eigenvalue weighted by atomic mass is 79.9. The van der Waals surface area contributed by atoms with Gasteiger partial charge in [0.1, 0.15) is 10.6 Å². The summed E-state index contributed by atoms with van der Waals surface area (Å²) in [6, 6.07) is 7.57. The Balaban J connectivity index is 2.46. The predicted molar refractivity (Wildman–Crippen MR) is 87.7 cm³/mol. The molecule has 2 aromatic rings. The molecule has 0 radical (unpaired) electrons. The van der Waals surface area contributed by atoms with Gasteiger partial charge in [0.05, 0.1) is 12.7 Å². The number of alkyl halides is 3. The first kappa shape index (κ1) is 18.6. The number of hydrogen-bond acceptors (Lipinski definition) is 3. The summed E-state index contributed by atoms with van der Waals surface area (Å²) in [5, 5.41) is 0. The second-order valence-corrected chi connectivity index (χ2v) is 7.49. The van der Waals surface area contributed by atoms with E-state index in [9.17, 15) is 21.6 Å². The van der Waals surface area contributed by atoms with Crippen LogP contribution >= 0.6 is 15.9 Å². The van der Waals surface area contributed by atoms with Crippen LogP contribution in [0.15, 0.2) is 45.8 Å². The van der Waals surface area contributed by atoms with Crippen molar-refractivity contribution in [2.24, 2.45) is 0 Å². The average Bonchev–Trinajstić information content (AvgIpc) is 2.48. The minimum absolute atomic E-state index is 0.00508. The third kappa shape index (κ3) is 4.02. The summed E-state index contributed by atoms with van der Waals surface area (Å²) >= 11 is 3.15. The highest BCUT2D eigenvalue weighted by Gasteiger charge is 2.33. The monoisotopic (exact) mass is 423 g/mol. The number of sulfonamides is 1. The molecular formula is C15H13BrF3NO3S. The maximum Gasteiger partial charge on any atom is 0.416 e. The molecule has 0 fully saturated rings. The van der Waals surface area contributed by atoms with E-state index in [4.69, 9.17) is 4.74 Å². The standard InChI is InChI=1S/C15H13BrF3NO3S/c1-9-3-5-11(8-12(9)15(17,18)19)20-24(21,22)14-7-10(16)4-6-13(14)23-2/h3-8,20H,1-2H3. The number of nitrogens with one attached hydrogen (secondary N) is 1. The van der Waals surface area contributed by atoms with Gasteiger partial charge in [-0.25, -0.2) is 8.42 Å². The average molecular weight is 424 g/mol. The lowest BCUT2D eigenvalue weighted by Crippen LogP contribution is -2.15. The van der Waals surface area contributed by atoms with Crippen molar-refractivity contribution in [3.05, 3.63) is 52.0 Å². The van der Waals surface area contributed by atoms with E-state index in [0.717, 1.165) is 6.07 Å². The van der Waals surface area contributed by atoms with Gasteiger partial charge in [0, 0.05) is 10.2 Å². The zero-order valence-corrected chi connectivity index (χ0v) is 15.0. The van der Waals surface area contributed by atoms with Crippen molar-refractivity contribution in [2.45, 2.75) is 18.0 Å². The molecule has 0 amide bonds. The van der Waals surface area contributed by atoms with E-state index in [1.54, 1.807) is 6.07 Å². The van der Waals surface area contributed by atoms with Crippen LogP contribution in [0.3, 0.4) is 0 Å². The summed E-state index contributed by atoms with van der Waals surface area (Å²) in [6.07, 6.45) is -4.57. The van der Waals surface area contributed by atoms with Gasteiger partial charge in [0.15, 0.2) is 0 Å². The molecule has 0 saturated heterocycles. The Morgan fingerprint density at radius 3 is 2.38 bits per heavy atom. The molecule has 0 aliphatic carbocycles. The minimum atomic E-state index is -4.57. The van der Waals surface area contributed by atoms with Gasteiger partial charge in [0.25, 0.3) is 10.0 Å². The van der Waals surface area contributed by atoms with Crippen molar-refractivity contribution < 1.29 is 26.3 Å². The Kier molecular flexibility index (Phi) is 5.14. The van der Waals surface area contributed by atoms with E-state index in [1.165, 1.54) is 38.3 Å². The van der Waals surface area contributed by atoms with Crippen LogP contribution in [-0.2, 0) is 16.2 Å². The summed E-state index contributed by atoms with van der Waals surface area (Å²) in [6.45, 7) is 1.30. The molecule has 24 heavy (non-hydrogen) atoms. The Bertz CT molecular complexity index is 867. The predicted octanol–water partition coefficient (Wildman–Crippen LogP) is 4.59. The molecule has 9 heteroatoms. The summed E-state index contributed by atoms with van der Waals surface area (Å²) in [4.78, 5) is -0.187. The summed E-state index contributed by atoms with van der Waals surface area (Å²) in [5.41, 5.74) is -1.08. The van der Waals surface area contributed by atoms with Crippen molar-refractivity contribution in [1.82, 2.24) is 0 Å². The summed E-state index contributed by atoms with van der Waals surface area (Å²) in [7, 11) is -2.82. The highest BCUT2D eigenvalue weighted by molar-refractivity contribution is 9.10. The smallest absolute Gasteiger partial charge is 0.416 e. The molecule has 0 bridgehead atoms. The molecule has 0 spiro atoms. The lowest BCUT2D eigenvalue weighted by atomic mass is 10.1. The van der Waals surface area contributed by atoms with Gasteiger partial charge in [-0.1, -0.05) is 22.0 Å². The van der Waals surface area contributed by atoms with Crippen molar-refractivity contribution >= 4 is 31.6 Å². The van der Waals surface area contributed by atoms with E-state index in [0.29, 0.717) is 4.47 Å². The number of aryl methyl sites for hydroxylation is 1. The second kappa shape index (κ2) is 6.64. The third-order valence-electron chi connectivity index (χ3n) is 3.21. The summed E-state index contributed by atoms with van der Waals surface area (Å²) in [5.74, 6) is 0.0776. The van der Waals surface area contributed by atoms with Crippen LogP contribution in [0.2, 0.25) is 0 Å². The lowest BCUT2D eigenvalue weighted by molar-refractivity contribution is -0.138. The molecular weight excluding hydrogens is 411 g/mol. The molecule has 0 aromatic heterocycles. The number of rotatable bonds is 4. The molecule has 0 aliphatic rings. The number of methoxy groups -OCH3 is 1. The number of halogens is 4. The lowest BCUT2D eigenvalue weighted by Gasteiger charge is -2.15. The van der Waals surface area contributed by atoms with Crippen LogP contribution in [0.1, 0.15) is 11.1 Å². The van der Waals surface area contributed by atoms with Crippen LogP contribution < -0.4 is 9.46 Å². The van der Waals surface area contributed by atoms with E-state index < -0.39 is 21.8 Å². The molecule has 0 saturated carbocycles. The fraction of sp³-hybridized carbons (Fsp3) is 0.200. The van der Waals surface area contributed by atoms with Gasteiger partial charge in [0.2, 0.25) is 0 Å². The zero-order chi connectivity index (χ0) is 18.1. The van der Waals surface area contributed by atoms with Gasteiger partial charge in [-0.15, -0.1) is 0 Å². The largest absolute Gasteiger partial charge is 0.495 e. The van der Waals surface area contributed by atoms with Crippen molar-refractivity contribution in [3.63, 3.8) is 0 Å². The van der Waals surface area contributed by atoms with Gasteiger partial charge >= 0.3 is 6.18 Å². The minimum Gasteiger partial charge on any atom is -0.495 e. The SMILES string of the molecule is COc1ccc(Br)cc1S(=O)(=O)Nc1ccc(C)c(C(F)(F)F)c1. The number of hydrogen-bond donors (Lipinski definition) is 1. The second-order valence-electron chi connectivity index (χ2n) is 4.93. The van der Waals surface area contributed by atoms with E-state index in [2.05, 4.69) is 20.7 Å². The molecule has 1 N–H and O–H groups in total. The molecule has 2 rings (SSSR count). The van der Waals surface area contributed by atoms with Gasteiger partial charge in [-0.3, -0.25) is 4.72 Å². The van der Waals surface area contributed by atoms with Crippen LogP contribution in [0.5, 0.6) is 5.75 Å². The van der Waals surface area contributed by atoms with Gasteiger partial charge in [-0.05, 0) is 42.8 Å². The molecule has 0 heterocycles. The Morgan fingerprint density at radius 2 is 1.79 bits per heavy atom. The molecule has 0 aliphatic heterocycles. The third-order valence-corrected chi connectivity index (χ3v) is 5.11. The van der Waals surface area contributed by atoms with Crippen LogP contribution in [0.4, 0.5) is 18.9 Å². The van der Waals surface area contributed by atoms with E-state index >= 15 is 0 Å². The first-order valence-corrected chi connectivity index (χ1v) is 8.86. The van der Waals surface area contributed by atoms with Crippen molar-refractivity contribution in [2.75, 3.05) is 11.8 Å². The fourth-order valence-electron chi connectivity index (χ4n) is 2.06. The Hall–Kier alpha value is -1.74. The maximum atomic E-state index is 13.0. The number of benzene rings is 2. The molecule has 0 atom stereocenters. The highest BCUT2D eigenvalue weighted by Crippen LogP contribution is 2.34.